The van der Waals surface area contributed by atoms with E-state index in [0.717, 1.165) is 19.5 Å². The van der Waals surface area contributed by atoms with Crippen molar-refractivity contribution in [2.75, 3.05) is 33.2 Å². The van der Waals surface area contributed by atoms with E-state index in [9.17, 15) is 4.79 Å². The highest BCUT2D eigenvalue weighted by Gasteiger charge is 2.24. The highest BCUT2D eigenvalue weighted by Crippen LogP contribution is 2.09. The maximum absolute atomic E-state index is 12.2. The zero-order valence-corrected chi connectivity index (χ0v) is 13.3. The number of rotatable bonds is 7. The largest absolute Gasteiger partial charge is 0.350 e. The Morgan fingerprint density at radius 1 is 1.37 bits per heavy atom. The molecular formula is C15H31N3O. The minimum atomic E-state index is -0.110. The molecule has 1 aliphatic rings. The first-order valence-corrected chi connectivity index (χ1v) is 7.60. The molecule has 0 aromatic rings. The third-order valence-electron chi connectivity index (χ3n) is 4.35. The van der Waals surface area contributed by atoms with Gasteiger partial charge in [0.1, 0.15) is 0 Å². The van der Waals surface area contributed by atoms with Crippen LogP contribution in [0.15, 0.2) is 0 Å². The van der Waals surface area contributed by atoms with Crippen molar-refractivity contribution in [1.82, 2.24) is 15.1 Å². The molecule has 1 aliphatic heterocycles. The van der Waals surface area contributed by atoms with Crippen molar-refractivity contribution in [3.8, 4) is 0 Å². The lowest BCUT2D eigenvalue weighted by molar-refractivity contribution is -0.127. The number of amides is 1. The summed E-state index contributed by atoms with van der Waals surface area (Å²) in [5.74, 6) is 0.135. The Kier molecular flexibility index (Phi) is 6.27. The summed E-state index contributed by atoms with van der Waals surface area (Å²) in [6.07, 6.45) is 3.60. The molecule has 1 fully saturated rings. The van der Waals surface area contributed by atoms with E-state index in [1.54, 1.807) is 0 Å². The third kappa shape index (κ3) is 5.49. The van der Waals surface area contributed by atoms with Crippen LogP contribution >= 0.6 is 0 Å². The van der Waals surface area contributed by atoms with Gasteiger partial charge < -0.3 is 10.2 Å². The van der Waals surface area contributed by atoms with Gasteiger partial charge in [-0.15, -0.1) is 0 Å². The van der Waals surface area contributed by atoms with Crippen LogP contribution in [-0.2, 0) is 4.79 Å². The second-order valence-electron chi connectivity index (χ2n) is 6.43. The molecule has 4 nitrogen and oxygen atoms in total. The summed E-state index contributed by atoms with van der Waals surface area (Å²) in [5, 5.41) is 3.12. The van der Waals surface area contributed by atoms with Gasteiger partial charge >= 0.3 is 0 Å². The Morgan fingerprint density at radius 2 is 1.95 bits per heavy atom. The monoisotopic (exact) mass is 269 g/mol. The molecule has 1 atom stereocenters. The van der Waals surface area contributed by atoms with Crippen molar-refractivity contribution in [1.29, 1.82) is 0 Å². The summed E-state index contributed by atoms with van der Waals surface area (Å²) >= 11 is 0. The molecular weight excluding hydrogens is 238 g/mol. The Morgan fingerprint density at radius 3 is 2.47 bits per heavy atom. The zero-order chi connectivity index (χ0) is 14.5. The zero-order valence-electron chi connectivity index (χ0n) is 13.3. The van der Waals surface area contributed by atoms with E-state index in [0.29, 0.717) is 0 Å². The first-order chi connectivity index (χ1) is 8.85. The normalized spacial score (nSPS) is 18.8. The molecule has 1 N–H and O–H groups in total. The summed E-state index contributed by atoms with van der Waals surface area (Å²) in [6, 6.07) is -0.0616. The Hall–Kier alpha value is -0.610. The van der Waals surface area contributed by atoms with Crippen LogP contribution in [-0.4, -0.2) is 60.5 Å². The van der Waals surface area contributed by atoms with Gasteiger partial charge in [0, 0.05) is 18.6 Å². The molecule has 0 unspecified atom stereocenters. The topological polar surface area (TPSA) is 35.6 Å². The standard InChI is InChI=1S/C15H31N3O/c1-6-15(3,4)16-14(19)13(2)17(5)11-12-18-9-7-8-10-18/h13H,6-12H2,1-5H3,(H,16,19)/t13-/m0/s1. The lowest BCUT2D eigenvalue weighted by atomic mass is 10.0. The van der Waals surface area contributed by atoms with E-state index in [2.05, 4.69) is 35.9 Å². The van der Waals surface area contributed by atoms with Crippen molar-refractivity contribution in [2.45, 2.75) is 58.5 Å². The molecule has 0 saturated carbocycles. The lowest BCUT2D eigenvalue weighted by Crippen LogP contribution is -2.52. The molecule has 0 aliphatic carbocycles. The smallest absolute Gasteiger partial charge is 0.237 e. The molecule has 0 spiro atoms. The van der Waals surface area contributed by atoms with Crippen LogP contribution in [0.25, 0.3) is 0 Å². The van der Waals surface area contributed by atoms with Gasteiger partial charge in [-0.3, -0.25) is 9.69 Å². The van der Waals surface area contributed by atoms with Gasteiger partial charge in [-0.25, -0.2) is 0 Å². The van der Waals surface area contributed by atoms with Gasteiger partial charge in [0.15, 0.2) is 0 Å². The Balaban J connectivity index is 2.33. The van der Waals surface area contributed by atoms with Crippen LogP contribution in [0.3, 0.4) is 0 Å². The minimum absolute atomic E-state index is 0.0616. The highest BCUT2D eigenvalue weighted by molar-refractivity contribution is 5.81. The molecule has 0 aromatic carbocycles. The fourth-order valence-electron chi connectivity index (χ4n) is 2.23. The number of hydrogen-bond acceptors (Lipinski definition) is 3. The van der Waals surface area contributed by atoms with Crippen molar-refractivity contribution < 1.29 is 4.79 Å². The van der Waals surface area contributed by atoms with Crippen LogP contribution in [0.4, 0.5) is 0 Å². The average Bonchev–Trinajstić information content (AvgIpc) is 2.87. The first kappa shape index (κ1) is 16.4. The Bertz CT molecular complexity index is 285. The summed E-state index contributed by atoms with van der Waals surface area (Å²) in [7, 11) is 2.04. The van der Waals surface area contributed by atoms with Crippen LogP contribution in [0.1, 0.15) is 47.0 Å². The number of nitrogens with one attached hydrogen (secondary N) is 1. The third-order valence-corrected chi connectivity index (χ3v) is 4.35. The van der Waals surface area contributed by atoms with Crippen LogP contribution in [0.5, 0.6) is 0 Å². The lowest BCUT2D eigenvalue weighted by Gasteiger charge is -2.31. The molecule has 0 bridgehead atoms. The van der Waals surface area contributed by atoms with E-state index < -0.39 is 0 Å². The van der Waals surface area contributed by atoms with E-state index in [1.807, 2.05) is 14.0 Å². The van der Waals surface area contributed by atoms with Gasteiger partial charge in [0.05, 0.1) is 6.04 Å². The minimum Gasteiger partial charge on any atom is -0.350 e. The van der Waals surface area contributed by atoms with Gasteiger partial charge in [-0.05, 0) is 60.2 Å². The fourth-order valence-corrected chi connectivity index (χ4v) is 2.23. The van der Waals surface area contributed by atoms with Crippen LogP contribution < -0.4 is 5.32 Å². The van der Waals surface area contributed by atoms with E-state index >= 15 is 0 Å². The summed E-state index contributed by atoms with van der Waals surface area (Å²) < 4.78 is 0. The van der Waals surface area contributed by atoms with Gasteiger partial charge in [0.25, 0.3) is 0 Å². The molecule has 112 valence electrons. The molecule has 1 saturated heterocycles. The number of carbonyl (C=O) groups excluding carboxylic acids is 1. The van der Waals surface area contributed by atoms with Gasteiger partial charge in [-0.1, -0.05) is 6.92 Å². The second kappa shape index (κ2) is 7.25. The first-order valence-electron chi connectivity index (χ1n) is 7.60. The fraction of sp³-hybridized carbons (Fsp3) is 0.933. The number of nitrogens with zero attached hydrogens (tertiary/aromatic N) is 2. The van der Waals surface area contributed by atoms with E-state index in [1.165, 1.54) is 25.9 Å². The summed E-state index contributed by atoms with van der Waals surface area (Å²) in [4.78, 5) is 16.8. The SMILES string of the molecule is CCC(C)(C)NC(=O)[C@H](C)N(C)CCN1CCCC1. The number of likely N-dealkylation sites (tertiary alicyclic amines) is 1. The number of hydrogen-bond donors (Lipinski definition) is 1. The molecule has 4 heteroatoms. The maximum Gasteiger partial charge on any atom is 0.237 e. The summed E-state index contributed by atoms with van der Waals surface area (Å²) in [5.41, 5.74) is -0.110. The van der Waals surface area contributed by atoms with Crippen LogP contribution in [0.2, 0.25) is 0 Å². The van der Waals surface area contributed by atoms with Crippen molar-refractivity contribution in [3.05, 3.63) is 0 Å². The van der Waals surface area contributed by atoms with E-state index in [4.69, 9.17) is 0 Å². The Labute approximate surface area is 118 Å². The second-order valence-corrected chi connectivity index (χ2v) is 6.43. The maximum atomic E-state index is 12.2. The molecule has 19 heavy (non-hydrogen) atoms. The van der Waals surface area contributed by atoms with Crippen molar-refractivity contribution >= 4 is 5.91 Å². The molecule has 0 radical (unpaired) electrons. The van der Waals surface area contributed by atoms with Crippen molar-refractivity contribution in [2.24, 2.45) is 0 Å². The number of carbonyl (C=O) groups is 1. The predicted molar refractivity (Wildman–Crippen MR) is 80.3 cm³/mol. The highest BCUT2D eigenvalue weighted by atomic mass is 16.2. The molecule has 1 heterocycles. The van der Waals surface area contributed by atoms with Gasteiger partial charge in [-0.2, -0.15) is 0 Å². The predicted octanol–water partition coefficient (Wildman–Crippen LogP) is 1.71. The average molecular weight is 269 g/mol. The van der Waals surface area contributed by atoms with E-state index in [-0.39, 0.29) is 17.5 Å². The number of likely N-dealkylation sites (N-methyl/N-ethyl adjacent to an activating group) is 1. The van der Waals surface area contributed by atoms with Crippen molar-refractivity contribution in [3.63, 3.8) is 0 Å². The van der Waals surface area contributed by atoms with Gasteiger partial charge in [0.2, 0.25) is 5.91 Å². The van der Waals surface area contributed by atoms with Crippen LogP contribution in [0, 0.1) is 0 Å². The molecule has 1 rings (SSSR count). The molecule has 0 aromatic heterocycles. The summed E-state index contributed by atoms with van der Waals surface area (Å²) in [6.45, 7) is 12.7. The quantitative estimate of drug-likeness (QED) is 0.764. The molecule has 1 amide bonds.